The molecule has 0 radical (unpaired) electrons. The van der Waals surface area contributed by atoms with E-state index in [4.69, 9.17) is 32.7 Å². The van der Waals surface area contributed by atoms with E-state index in [2.05, 4.69) is 10.2 Å². The molecule has 0 saturated heterocycles. The molecule has 3 rings (SSSR count). The van der Waals surface area contributed by atoms with Gasteiger partial charge in [-0.15, -0.1) is 0 Å². The lowest BCUT2D eigenvalue weighted by molar-refractivity contribution is -0.116. The molecule has 1 aliphatic rings. The third-order valence-corrected chi connectivity index (χ3v) is 5.41. The molecule has 150 valence electrons. The first-order chi connectivity index (χ1) is 13.5. The highest BCUT2D eigenvalue weighted by Gasteiger charge is 2.30. The van der Waals surface area contributed by atoms with Gasteiger partial charge in [0.1, 0.15) is 11.5 Å². The Morgan fingerprint density at radius 1 is 1.14 bits per heavy atom. The van der Waals surface area contributed by atoms with Crippen molar-refractivity contribution in [3.8, 4) is 11.5 Å². The second-order valence-electron chi connectivity index (χ2n) is 6.77. The molecular weight excluding hydrogens is 399 g/mol. The Morgan fingerprint density at radius 3 is 2.46 bits per heavy atom. The fourth-order valence-corrected chi connectivity index (χ4v) is 3.61. The van der Waals surface area contributed by atoms with Crippen molar-refractivity contribution in [1.82, 2.24) is 4.90 Å². The second-order valence-corrected chi connectivity index (χ2v) is 7.59. The SMILES string of the molecule is COc1ccc(OC)c(CN(CCC(=O)Nc2c(Cl)cccc2Cl)C2CC2)c1. The third-order valence-electron chi connectivity index (χ3n) is 4.78. The van der Waals surface area contributed by atoms with Crippen LogP contribution in [0.25, 0.3) is 0 Å². The molecule has 2 aromatic carbocycles. The van der Waals surface area contributed by atoms with Crippen LogP contribution in [0, 0.1) is 0 Å². The number of rotatable bonds is 9. The molecule has 2 aromatic rings. The molecule has 0 unspecified atom stereocenters. The lowest BCUT2D eigenvalue weighted by Crippen LogP contribution is -2.29. The molecule has 0 aliphatic heterocycles. The van der Waals surface area contributed by atoms with Crippen LogP contribution in [-0.2, 0) is 11.3 Å². The van der Waals surface area contributed by atoms with Crippen molar-refractivity contribution >= 4 is 34.8 Å². The fraction of sp³-hybridized carbons (Fsp3) is 0.381. The zero-order valence-electron chi connectivity index (χ0n) is 16.0. The highest BCUT2D eigenvalue weighted by Crippen LogP contribution is 2.33. The van der Waals surface area contributed by atoms with Crippen molar-refractivity contribution < 1.29 is 14.3 Å². The zero-order valence-corrected chi connectivity index (χ0v) is 17.5. The maximum Gasteiger partial charge on any atom is 0.225 e. The lowest BCUT2D eigenvalue weighted by atomic mass is 10.1. The van der Waals surface area contributed by atoms with Gasteiger partial charge in [-0.3, -0.25) is 9.69 Å². The van der Waals surface area contributed by atoms with E-state index in [1.54, 1.807) is 32.4 Å². The molecule has 1 aliphatic carbocycles. The zero-order chi connectivity index (χ0) is 20.1. The van der Waals surface area contributed by atoms with Crippen LogP contribution in [0.2, 0.25) is 10.0 Å². The van der Waals surface area contributed by atoms with E-state index in [-0.39, 0.29) is 5.91 Å². The topological polar surface area (TPSA) is 50.8 Å². The van der Waals surface area contributed by atoms with Crippen molar-refractivity contribution in [2.24, 2.45) is 0 Å². The Kier molecular flexibility index (Phi) is 7.05. The average molecular weight is 423 g/mol. The smallest absolute Gasteiger partial charge is 0.225 e. The molecule has 0 bridgehead atoms. The quantitative estimate of drug-likeness (QED) is 0.617. The van der Waals surface area contributed by atoms with E-state index in [0.717, 1.165) is 29.9 Å². The summed E-state index contributed by atoms with van der Waals surface area (Å²) in [6, 6.07) is 11.4. The highest BCUT2D eigenvalue weighted by molar-refractivity contribution is 6.39. The fourth-order valence-electron chi connectivity index (χ4n) is 3.12. The molecule has 1 N–H and O–H groups in total. The normalized spacial score (nSPS) is 13.5. The van der Waals surface area contributed by atoms with E-state index < -0.39 is 0 Å². The van der Waals surface area contributed by atoms with Gasteiger partial charge in [-0.1, -0.05) is 29.3 Å². The number of hydrogen-bond acceptors (Lipinski definition) is 4. The third kappa shape index (κ3) is 5.31. The summed E-state index contributed by atoms with van der Waals surface area (Å²) >= 11 is 12.3. The van der Waals surface area contributed by atoms with Crippen LogP contribution in [0.1, 0.15) is 24.8 Å². The largest absolute Gasteiger partial charge is 0.497 e. The van der Waals surface area contributed by atoms with Crippen molar-refractivity contribution in [2.45, 2.75) is 31.8 Å². The van der Waals surface area contributed by atoms with Crippen molar-refractivity contribution in [2.75, 3.05) is 26.1 Å². The first-order valence-electron chi connectivity index (χ1n) is 9.20. The van der Waals surface area contributed by atoms with Gasteiger partial charge in [0.15, 0.2) is 0 Å². The minimum atomic E-state index is -0.113. The summed E-state index contributed by atoms with van der Waals surface area (Å²) in [5.41, 5.74) is 1.51. The summed E-state index contributed by atoms with van der Waals surface area (Å²) in [6.45, 7) is 1.34. The minimum Gasteiger partial charge on any atom is -0.497 e. The van der Waals surface area contributed by atoms with Gasteiger partial charge in [0.05, 0.1) is 30.0 Å². The summed E-state index contributed by atoms with van der Waals surface area (Å²) in [5, 5.41) is 3.69. The van der Waals surface area contributed by atoms with Gasteiger partial charge in [0.2, 0.25) is 5.91 Å². The monoisotopic (exact) mass is 422 g/mol. The molecule has 28 heavy (non-hydrogen) atoms. The maximum atomic E-state index is 12.4. The van der Waals surface area contributed by atoms with Crippen molar-refractivity contribution in [3.63, 3.8) is 0 Å². The molecule has 0 atom stereocenters. The van der Waals surface area contributed by atoms with Gasteiger partial charge in [0, 0.05) is 31.1 Å². The number of methoxy groups -OCH3 is 2. The highest BCUT2D eigenvalue weighted by atomic mass is 35.5. The van der Waals surface area contributed by atoms with Gasteiger partial charge in [-0.25, -0.2) is 0 Å². The molecule has 7 heteroatoms. The number of para-hydroxylation sites is 1. The van der Waals surface area contributed by atoms with Crippen LogP contribution < -0.4 is 14.8 Å². The van der Waals surface area contributed by atoms with Gasteiger partial charge in [0.25, 0.3) is 0 Å². The number of nitrogens with zero attached hydrogens (tertiary/aromatic N) is 1. The van der Waals surface area contributed by atoms with Gasteiger partial charge >= 0.3 is 0 Å². The lowest BCUT2D eigenvalue weighted by Gasteiger charge is -2.23. The van der Waals surface area contributed by atoms with Crippen LogP contribution in [0.15, 0.2) is 36.4 Å². The Morgan fingerprint density at radius 2 is 1.86 bits per heavy atom. The van der Waals surface area contributed by atoms with Crippen LogP contribution in [0.5, 0.6) is 11.5 Å². The number of carbonyl (C=O) groups excluding carboxylic acids is 1. The number of ether oxygens (including phenoxy) is 2. The van der Waals surface area contributed by atoms with E-state index in [9.17, 15) is 4.79 Å². The predicted octanol–water partition coefficient (Wildman–Crippen LogP) is 5.00. The van der Waals surface area contributed by atoms with E-state index in [0.29, 0.717) is 41.3 Å². The van der Waals surface area contributed by atoms with Crippen molar-refractivity contribution in [1.29, 1.82) is 0 Å². The van der Waals surface area contributed by atoms with Gasteiger partial charge in [-0.05, 0) is 43.2 Å². The van der Waals surface area contributed by atoms with E-state index >= 15 is 0 Å². The van der Waals surface area contributed by atoms with Crippen LogP contribution in [-0.4, -0.2) is 37.6 Å². The molecule has 5 nitrogen and oxygen atoms in total. The summed E-state index contributed by atoms with van der Waals surface area (Å²) in [6.07, 6.45) is 2.64. The first kappa shape index (κ1) is 20.8. The van der Waals surface area contributed by atoms with Gasteiger partial charge in [-0.2, -0.15) is 0 Å². The number of nitrogens with one attached hydrogen (secondary N) is 1. The Hall–Kier alpha value is -1.95. The summed E-state index contributed by atoms with van der Waals surface area (Å²) in [5.74, 6) is 1.50. The summed E-state index contributed by atoms with van der Waals surface area (Å²) in [4.78, 5) is 14.8. The van der Waals surface area contributed by atoms with Crippen LogP contribution in [0.4, 0.5) is 5.69 Å². The molecule has 1 saturated carbocycles. The van der Waals surface area contributed by atoms with E-state index in [1.807, 2.05) is 18.2 Å². The summed E-state index contributed by atoms with van der Waals surface area (Å²) < 4.78 is 10.8. The number of halogens is 2. The average Bonchev–Trinajstić information content (AvgIpc) is 3.53. The number of carbonyl (C=O) groups is 1. The number of anilines is 1. The molecule has 1 fully saturated rings. The standard InChI is InChI=1S/C21H24Cl2N2O3/c1-27-16-8-9-19(28-2)14(12-16)13-25(15-6-7-15)11-10-20(26)24-21-17(22)4-3-5-18(21)23/h3-5,8-9,12,15H,6-7,10-11,13H2,1-2H3,(H,24,26). The number of benzene rings is 2. The van der Waals surface area contributed by atoms with Crippen LogP contribution in [0.3, 0.4) is 0 Å². The van der Waals surface area contributed by atoms with E-state index in [1.165, 1.54) is 0 Å². The predicted molar refractivity (Wildman–Crippen MR) is 113 cm³/mol. The molecule has 0 spiro atoms. The van der Waals surface area contributed by atoms with Crippen molar-refractivity contribution in [3.05, 3.63) is 52.0 Å². The Bertz CT molecular complexity index is 820. The maximum absolute atomic E-state index is 12.4. The molecule has 1 amide bonds. The Labute approximate surface area is 175 Å². The second kappa shape index (κ2) is 9.50. The molecule has 0 heterocycles. The van der Waals surface area contributed by atoms with Crippen LogP contribution >= 0.6 is 23.2 Å². The Balaban J connectivity index is 1.64. The minimum absolute atomic E-state index is 0.113. The number of hydrogen-bond donors (Lipinski definition) is 1. The molecule has 0 aromatic heterocycles. The number of amides is 1. The summed E-state index contributed by atoms with van der Waals surface area (Å²) in [7, 11) is 3.31. The van der Waals surface area contributed by atoms with Gasteiger partial charge < -0.3 is 14.8 Å². The first-order valence-corrected chi connectivity index (χ1v) is 9.96. The molecular formula is C21H24Cl2N2O3.